The average molecular weight is 550 g/mol. The van der Waals surface area contributed by atoms with Gasteiger partial charge in [0.2, 0.25) is 0 Å². The summed E-state index contributed by atoms with van der Waals surface area (Å²) in [5.74, 6) is 2.57. The number of thiazole rings is 1. The summed E-state index contributed by atoms with van der Waals surface area (Å²) in [7, 11) is 2.18. The molecule has 0 saturated carbocycles. The number of halogens is 1. The van der Waals surface area contributed by atoms with Crippen LogP contribution in [0.25, 0.3) is 0 Å². The normalized spacial score (nSPS) is 19.5. The number of ether oxygens (including phenoxy) is 1. The van der Waals surface area contributed by atoms with E-state index in [1.54, 1.807) is 11.3 Å². The third kappa shape index (κ3) is 8.59. The van der Waals surface area contributed by atoms with Crippen molar-refractivity contribution in [2.75, 3.05) is 53.0 Å². The molecule has 1 aromatic rings. The highest BCUT2D eigenvalue weighted by Crippen LogP contribution is 2.21. The standard InChI is InChI=1S/C22H39N5OS.HI/c1-4-23-22(26(3)10-5-19-8-13-28-14-9-19)24-15-20-6-11-27(12-7-20)16-21-17-29-18(2)25-21;/h17,19-20H,4-16H2,1-3H3,(H,23,24);1H. The summed E-state index contributed by atoms with van der Waals surface area (Å²) >= 11 is 1.75. The Kier molecular flexibility index (Phi) is 11.9. The van der Waals surface area contributed by atoms with E-state index >= 15 is 0 Å². The first-order valence-corrected chi connectivity index (χ1v) is 12.2. The van der Waals surface area contributed by atoms with Crippen molar-refractivity contribution in [1.29, 1.82) is 0 Å². The zero-order valence-corrected chi connectivity index (χ0v) is 22.1. The topological polar surface area (TPSA) is 53.0 Å². The molecule has 3 heterocycles. The van der Waals surface area contributed by atoms with Crippen molar-refractivity contribution in [2.24, 2.45) is 16.8 Å². The summed E-state index contributed by atoms with van der Waals surface area (Å²) < 4.78 is 5.48. The Morgan fingerprint density at radius 3 is 2.63 bits per heavy atom. The van der Waals surface area contributed by atoms with Crippen molar-refractivity contribution in [1.82, 2.24) is 20.1 Å². The predicted octanol–water partition coefficient (Wildman–Crippen LogP) is 4.00. The molecule has 0 radical (unpaired) electrons. The van der Waals surface area contributed by atoms with Crippen molar-refractivity contribution in [3.63, 3.8) is 0 Å². The van der Waals surface area contributed by atoms with E-state index in [1.807, 2.05) is 0 Å². The summed E-state index contributed by atoms with van der Waals surface area (Å²) in [6.45, 7) is 12.4. The molecule has 0 aliphatic carbocycles. The van der Waals surface area contributed by atoms with Gasteiger partial charge in [0, 0.05) is 51.8 Å². The van der Waals surface area contributed by atoms with Crippen molar-refractivity contribution >= 4 is 41.3 Å². The van der Waals surface area contributed by atoms with Crippen molar-refractivity contribution < 1.29 is 4.74 Å². The lowest BCUT2D eigenvalue weighted by Gasteiger charge is -2.31. The van der Waals surface area contributed by atoms with E-state index in [0.717, 1.165) is 64.4 Å². The fourth-order valence-electron chi connectivity index (χ4n) is 4.24. The number of aliphatic imine (C=N–C) groups is 1. The molecule has 2 fully saturated rings. The SMILES string of the molecule is CCNC(=NCC1CCN(Cc2csc(C)n2)CC1)N(C)CCC1CCOCC1.I. The van der Waals surface area contributed by atoms with Crippen molar-refractivity contribution in [3.8, 4) is 0 Å². The maximum atomic E-state index is 5.48. The van der Waals surface area contributed by atoms with Crippen LogP contribution in [0, 0.1) is 18.8 Å². The molecule has 1 aromatic heterocycles. The van der Waals surface area contributed by atoms with Crippen LogP contribution in [0.3, 0.4) is 0 Å². The average Bonchev–Trinajstić information content (AvgIpc) is 3.15. The van der Waals surface area contributed by atoms with Gasteiger partial charge in [0.1, 0.15) is 0 Å². The van der Waals surface area contributed by atoms with Gasteiger partial charge in [-0.25, -0.2) is 4.98 Å². The Balaban J connectivity index is 0.00000320. The molecule has 6 nitrogen and oxygen atoms in total. The molecule has 0 atom stereocenters. The zero-order valence-electron chi connectivity index (χ0n) is 18.9. The van der Waals surface area contributed by atoms with Crippen LogP contribution in [0.15, 0.2) is 10.4 Å². The summed E-state index contributed by atoms with van der Waals surface area (Å²) in [4.78, 5) is 14.5. The van der Waals surface area contributed by atoms with Gasteiger partial charge in [0.05, 0.1) is 10.7 Å². The molecule has 172 valence electrons. The minimum atomic E-state index is 0. The van der Waals surface area contributed by atoms with Gasteiger partial charge in [-0.15, -0.1) is 35.3 Å². The number of piperidine rings is 1. The minimum Gasteiger partial charge on any atom is -0.381 e. The van der Waals surface area contributed by atoms with Gasteiger partial charge in [-0.3, -0.25) is 9.89 Å². The third-order valence-electron chi connectivity index (χ3n) is 6.17. The Morgan fingerprint density at radius 1 is 1.27 bits per heavy atom. The number of rotatable bonds is 8. The van der Waals surface area contributed by atoms with E-state index in [0.29, 0.717) is 5.92 Å². The van der Waals surface area contributed by atoms with Gasteiger partial charge < -0.3 is 15.0 Å². The van der Waals surface area contributed by atoms with Crippen LogP contribution in [0.1, 0.15) is 49.7 Å². The predicted molar refractivity (Wildman–Crippen MR) is 137 cm³/mol. The number of hydrogen-bond acceptors (Lipinski definition) is 5. The monoisotopic (exact) mass is 549 g/mol. The van der Waals surface area contributed by atoms with E-state index in [2.05, 4.69) is 46.4 Å². The number of nitrogens with zero attached hydrogens (tertiary/aromatic N) is 4. The van der Waals surface area contributed by atoms with Gasteiger partial charge in [0.25, 0.3) is 0 Å². The Morgan fingerprint density at radius 2 is 2.00 bits per heavy atom. The third-order valence-corrected chi connectivity index (χ3v) is 6.99. The summed E-state index contributed by atoms with van der Waals surface area (Å²) in [6, 6.07) is 0. The van der Waals surface area contributed by atoms with Gasteiger partial charge >= 0.3 is 0 Å². The van der Waals surface area contributed by atoms with E-state index < -0.39 is 0 Å². The van der Waals surface area contributed by atoms with Crippen LogP contribution in [-0.4, -0.2) is 73.7 Å². The molecule has 8 heteroatoms. The zero-order chi connectivity index (χ0) is 20.5. The molecular weight excluding hydrogens is 509 g/mol. The first-order chi connectivity index (χ1) is 14.1. The first-order valence-electron chi connectivity index (χ1n) is 11.3. The summed E-state index contributed by atoms with van der Waals surface area (Å²) in [6.07, 6.45) is 6.12. The fourth-order valence-corrected chi connectivity index (χ4v) is 4.84. The molecule has 2 aliphatic rings. The molecule has 3 rings (SSSR count). The quantitative estimate of drug-likeness (QED) is 0.302. The van der Waals surface area contributed by atoms with Gasteiger partial charge in [0.15, 0.2) is 5.96 Å². The lowest BCUT2D eigenvalue weighted by Crippen LogP contribution is -2.41. The molecule has 0 unspecified atom stereocenters. The highest BCUT2D eigenvalue weighted by molar-refractivity contribution is 14.0. The number of hydrogen-bond donors (Lipinski definition) is 1. The van der Waals surface area contributed by atoms with Gasteiger partial charge in [-0.2, -0.15) is 0 Å². The molecular formula is C22H40IN5OS. The second kappa shape index (κ2) is 13.9. The molecule has 2 saturated heterocycles. The number of nitrogens with one attached hydrogen (secondary N) is 1. The maximum absolute atomic E-state index is 5.48. The van der Waals surface area contributed by atoms with Gasteiger partial charge in [-0.1, -0.05) is 0 Å². The highest BCUT2D eigenvalue weighted by atomic mass is 127. The van der Waals surface area contributed by atoms with Crippen LogP contribution in [0.2, 0.25) is 0 Å². The first kappa shape index (κ1) is 25.8. The highest BCUT2D eigenvalue weighted by Gasteiger charge is 2.20. The van der Waals surface area contributed by atoms with Gasteiger partial charge in [-0.05, 0) is 70.9 Å². The van der Waals surface area contributed by atoms with Crippen LogP contribution < -0.4 is 5.32 Å². The van der Waals surface area contributed by atoms with Crippen LogP contribution >= 0.6 is 35.3 Å². The molecule has 0 amide bonds. The lowest BCUT2D eigenvalue weighted by molar-refractivity contribution is 0.0625. The number of aryl methyl sites for hydroxylation is 1. The molecule has 2 aliphatic heterocycles. The molecule has 1 N–H and O–H groups in total. The maximum Gasteiger partial charge on any atom is 0.193 e. The largest absolute Gasteiger partial charge is 0.381 e. The van der Waals surface area contributed by atoms with Crippen molar-refractivity contribution in [2.45, 2.75) is 52.5 Å². The van der Waals surface area contributed by atoms with Crippen LogP contribution in [-0.2, 0) is 11.3 Å². The second-order valence-corrected chi connectivity index (χ2v) is 9.60. The van der Waals surface area contributed by atoms with Crippen molar-refractivity contribution in [3.05, 3.63) is 16.1 Å². The molecule has 0 spiro atoms. The van der Waals surface area contributed by atoms with Crippen LogP contribution in [0.5, 0.6) is 0 Å². The molecule has 0 bridgehead atoms. The Bertz CT molecular complexity index is 627. The number of guanidine groups is 1. The smallest absolute Gasteiger partial charge is 0.193 e. The minimum absolute atomic E-state index is 0. The summed E-state index contributed by atoms with van der Waals surface area (Å²) in [5.41, 5.74) is 1.23. The van der Waals surface area contributed by atoms with E-state index in [1.165, 1.54) is 42.8 Å². The summed E-state index contributed by atoms with van der Waals surface area (Å²) in [5, 5.41) is 6.85. The Labute approximate surface area is 203 Å². The van der Waals surface area contributed by atoms with E-state index in [9.17, 15) is 0 Å². The number of aromatic nitrogens is 1. The molecule has 30 heavy (non-hydrogen) atoms. The number of likely N-dealkylation sites (tertiary alicyclic amines) is 1. The van der Waals surface area contributed by atoms with E-state index in [-0.39, 0.29) is 24.0 Å². The Hall–Kier alpha value is -0.450. The fraction of sp³-hybridized carbons (Fsp3) is 0.818. The van der Waals surface area contributed by atoms with Crippen LogP contribution in [0.4, 0.5) is 0 Å². The lowest BCUT2D eigenvalue weighted by atomic mass is 9.96. The molecule has 0 aromatic carbocycles. The van der Waals surface area contributed by atoms with E-state index in [4.69, 9.17) is 9.73 Å². The second-order valence-electron chi connectivity index (χ2n) is 8.54.